The monoisotopic (exact) mass is 340 g/mol. The molecule has 0 fully saturated rings. The molecule has 0 aliphatic heterocycles. The van der Waals surface area contributed by atoms with Gasteiger partial charge in [-0.2, -0.15) is 0 Å². The van der Waals surface area contributed by atoms with Crippen molar-refractivity contribution >= 4 is 21.6 Å². The number of anilines is 1. The van der Waals surface area contributed by atoms with Crippen molar-refractivity contribution in [2.45, 2.75) is 46.0 Å². The lowest BCUT2D eigenvalue weighted by molar-refractivity contribution is -0.116. The van der Waals surface area contributed by atoms with Crippen LogP contribution in [0.3, 0.4) is 0 Å². The fourth-order valence-electron chi connectivity index (χ4n) is 2.33. The first-order valence-corrected chi connectivity index (χ1v) is 9.94. The maximum Gasteiger partial charge on any atom is 0.225 e. The van der Waals surface area contributed by atoms with Crippen LogP contribution in [-0.2, 0) is 14.8 Å². The average Bonchev–Trinajstić information content (AvgIpc) is 2.46. The lowest BCUT2D eigenvalue weighted by Crippen LogP contribution is -2.33. The minimum absolute atomic E-state index is 0.156. The quantitative estimate of drug-likeness (QED) is 0.750. The molecular weight excluding hydrogens is 312 g/mol. The van der Waals surface area contributed by atoms with E-state index in [0.29, 0.717) is 12.5 Å². The first kappa shape index (κ1) is 19.6. The van der Waals surface area contributed by atoms with E-state index >= 15 is 0 Å². The van der Waals surface area contributed by atoms with Gasteiger partial charge in [0, 0.05) is 25.2 Å². The summed E-state index contributed by atoms with van der Waals surface area (Å²) < 4.78 is 24.9. The molecule has 0 radical (unpaired) electrons. The standard InChI is InChI=1S/C17H28N2O3S/c1-5-6-12-19(23(4,21)22)13-11-17(20)18-16-10-8-7-9-15(16)14(2)3/h7-10,14H,5-6,11-13H2,1-4H3,(H,18,20). The van der Waals surface area contributed by atoms with Gasteiger partial charge in [0.2, 0.25) is 15.9 Å². The Morgan fingerprint density at radius 3 is 2.43 bits per heavy atom. The third-order valence-electron chi connectivity index (χ3n) is 3.68. The third-order valence-corrected chi connectivity index (χ3v) is 4.98. The summed E-state index contributed by atoms with van der Waals surface area (Å²) in [5.41, 5.74) is 1.87. The molecule has 0 spiro atoms. The smallest absolute Gasteiger partial charge is 0.225 e. The van der Waals surface area contributed by atoms with E-state index in [9.17, 15) is 13.2 Å². The molecule has 0 bridgehead atoms. The Morgan fingerprint density at radius 2 is 1.87 bits per heavy atom. The largest absolute Gasteiger partial charge is 0.326 e. The molecule has 0 aromatic heterocycles. The molecule has 1 aromatic carbocycles. The van der Waals surface area contributed by atoms with Crippen LogP contribution >= 0.6 is 0 Å². The lowest BCUT2D eigenvalue weighted by Gasteiger charge is -2.19. The van der Waals surface area contributed by atoms with Crippen molar-refractivity contribution in [2.75, 3.05) is 24.7 Å². The van der Waals surface area contributed by atoms with Crippen LogP contribution in [-0.4, -0.2) is 38.0 Å². The Kier molecular flexibility index (Phi) is 7.72. The second-order valence-corrected chi connectivity index (χ2v) is 8.04. The Bertz CT molecular complexity index is 612. The number of hydrogen-bond donors (Lipinski definition) is 1. The van der Waals surface area contributed by atoms with Crippen LogP contribution in [0.5, 0.6) is 0 Å². The van der Waals surface area contributed by atoms with Crippen LogP contribution in [0.2, 0.25) is 0 Å². The molecular formula is C17H28N2O3S. The number of rotatable bonds is 9. The summed E-state index contributed by atoms with van der Waals surface area (Å²) in [6.45, 7) is 6.83. The van der Waals surface area contributed by atoms with Gasteiger partial charge in [-0.15, -0.1) is 0 Å². The molecule has 0 aliphatic rings. The summed E-state index contributed by atoms with van der Waals surface area (Å²) in [6.07, 6.45) is 3.06. The second kappa shape index (κ2) is 9.03. The number of sulfonamides is 1. The number of nitrogens with zero attached hydrogens (tertiary/aromatic N) is 1. The molecule has 1 amide bonds. The molecule has 1 rings (SSSR count). The van der Waals surface area contributed by atoms with Crippen molar-refractivity contribution in [3.63, 3.8) is 0 Å². The molecule has 0 heterocycles. The molecule has 1 aromatic rings. The third kappa shape index (κ3) is 6.71. The van der Waals surface area contributed by atoms with Gasteiger partial charge in [-0.3, -0.25) is 4.79 Å². The average molecular weight is 340 g/mol. The van der Waals surface area contributed by atoms with E-state index in [-0.39, 0.29) is 18.9 Å². The van der Waals surface area contributed by atoms with Gasteiger partial charge in [0.15, 0.2) is 0 Å². The summed E-state index contributed by atoms with van der Waals surface area (Å²) in [5, 5.41) is 2.89. The highest BCUT2D eigenvalue weighted by Crippen LogP contribution is 2.23. The predicted molar refractivity (Wildman–Crippen MR) is 95.1 cm³/mol. The van der Waals surface area contributed by atoms with Crippen LogP contribution in [0.25, 0.3) is 0 Å². The number of para-hydroxylation sites is 1. The van der Waals surface area contributed by atoms with E-state index in [1.807, 2.05) is 31.2 Å². The molecule has 130 valence electrons. The maximum atomic E-state index is 12.2. The fraction of sp³-hybridized carbons (Fsp3) is 0.588. The topological polar surface area (TPSA) is 66.5 Å². The van der Waals surface area contributed by atoms with Crippen LogP contribution < -0.4 is 5.32 Å². The lowest BCUT2D eigenvalue weighted by atomic mass is 10.0. The number of benzene rings is 1. The summed E-state index contributed by atoms with van der Waals surface area (Å²) in [4.78, 5) is 12.2. The second-order valence-electron chi connectivity index (χ2n) is 6.06. The fourth-order valence-corrected chi connectivity index (χ4v) is 3.21. The van der Waals surface area contributed by atoms with E-state index in [2.05, 4.69) is 19.2 Å². The van der Waals surface area contributed by atoms with Crippen LogP contribution in [0, 0.1) is 0 Å². The molecule has 0 saturated heterocycles. The summed E-state index contributed by atoms with van der Waals surface area (Å²) >= 11 is 0. The number of carbonyl (C=O) groups is 1. The van der Waals surface area contributed by atoms with Gasteiger partial charge in [-0.1, -0.05) is 45.4 Å². The van der Waals surface area contributed by atoms with E-state index in [0.717, 1.165) is 24.1 Å². The molecule has 1 N–H and O–H groups in total. The summed E-state index contributed by atoms with van der Waals surface area (Å²) in [5.74, 6) is 0.145. The normalized spacial score (nSPS) is 11.9. The highest BCUT2D eigenvalue weighted by Gasteiger charge is 2.17. The van der Waals surface area contributed by atoms with Crippen molar-refractivity contribution in [3.8, 4) is 0 Å². The first-order chi connectivity index (χ1) is 10.8. The molecule has 23 heavy (non-hydrogen) atoms. The van der Waals surface area contributed by atoms with Crippen LogP contribution in [0.1, 0.15) is 51.5 Å². The molecule has 6 heteroatoms. The molecule has 5 nitrogen and oxygen atoms in total. The maximum absolute atomic E-state index is 12.2. The molecule has 0 saturated carbocycles. The highest BCUT2D eigenvalue weighted by atomic mass is 32.2. The van der Waals surface area contributed by atoms with Gasteiger partial charge in [0.25, 0.3) is 0 Å². The van der Waals surface area contributed by atoms with E-state index in [4.69, 9.17) is 0 Å². The van der Waals surface area contributed by atoms with Crippen molar-refractivity contribution in [2.24, 2.45) is 0 Å². The number of amides is 1. The van der Waals surface area contributed by atoms with Gasteiger partial charge >= 0.3 is 0 Å². The number of carbonyl (C=O) groups excluding carboxylic acids is 1. The van der Waals surface area contributed by atoms with Gasteiger partial charge < -0.3 is 5.32 Å². The minimum atomic E-state index is -3.27. The number of unbranched alkanes of at least 4 members (excludes halogenated alkanes) is 1. The summed E-state index contributed by atoms with van der Waals surface area (Å²) in [6, 6.07) is 7.69. The van der Waals surface area contributed by atoms with Gasteiger partial charge in [0.1, 0.15) is 0 Å². The Morgan fingerprint density at radius 1 is 1.22 bits per heavy atom. The van der Waals surface area contributed by atoms with Crippen LogP contribution in [0.15, 0.2) is 24.3 Å². The molecule has 0 atom stereocenters. The Hall–Kier alpha value is -1.40. The zero-order chi connectivity index (χ0) is 17.5. The molecule has 0 unspecified atom stereocenters. The van der Waals surface area contributed by atoms with E-state index < -0.39 is 10.0 Å². The number of hydrogen-bond acceptors (Lipinski definition) is 3. The predicted octanol–water partition coefficient (Wildman–Crippen LogP) is 3.20. The van der Waals surface area contributed by atoms with E-state index in [1.165, 1.54) is 10.6 Å². The molecule has 0 aliphatic carbocycles. The zero-order valence-electron chi connectivity index (χ0n) is 14.5. The SMILES string of the molecule is CCCCN(CCC(=O)Nc1ccccc1C(C)C)S(C)(=O)=O. The minimum Gasteiger partial charge on any atom is -0.326 e. The van der Waals surface area contributed by atoms with Gasteiger partial charge in [-0.05, 0) is 24.0 Å². The van der Waals surface area contributed by atoms with Crippen molar-refractivity contribution < 1.29 is 13.2 Å². The summed E-state index contributed by atoms with van der Waals surface area (Å²) in [7, 11) is -3.27. The zero-order valence-corrected chi connectivity index (χ0v) is 15.3. The van der Waals surface area contributed by atoms with Gasteiger partial charge in [-0.25, -0.2) is 12.7 Å². The van der Waals surface area contributed by atoms with Crippen molar-refractivity contribution in [1.82, 2.24) is 4.31 Å². The Balaban J connectivity index is 2.66. The van der Waals surface area contributed by atoms with Gasteiger partial charge in [0.05, 0.1) is 6.26 Å². The van der Waals surface area contributed by atoms with Crippen molar-refractivity contribution in [1.29, 1.82) is 0 Å². The Labute approximate surface area is 140 Å². The highest BCUT2D eigenvalue weighted by molar-refractivity contribution is 7.88. The first-order valence-electron chi connectivity index (χ1n) is 8.09. The van der Waals surface area contributed by atoms with Crippen molar-refractivity contribution in [3.05, 3.63) is 29.8 Å². The van der Waals surface area contributed by atoms with Crippen LogP contribution in [0.4, 0.5) is 5.69 Å². The number of nitrogens with one attached hydrogen (secondary N) is 1. The van der Waals surface area contributed by atoms with E-state index in [1.54, 1.807) is 0 Å².